The molecule has 1 unspecified atom stereocenters. The monoisotopic (exact) mass is 369 g/mol. The van der Waals surface area contributed by atoms with Crippen molar-refractivity contribution in [3.63, 3.8) is 0 Å². The van der Waals surface area contributed by atoms with Gasteiger partial charge in [-0.3, -0.25) is 4.79 Å². The quantitative estimate of drug-likeness (QED) is 0.825. The van der Waals surface area contributed by atoms with E-state index in [-0.39, 0.29) is 11.0 Å². The molecule has 5 nitrogen and oxygen atoms in total. The van der Waals surface area contributed by atoms with Crippen LogP contribution in [-0.2, 0) is 14.9 Å². The summed E-state index contributed by atoms with van der Waals surface area (Å²) in [5, 5.41) is 3.47. The fourth-order valence-electron chi connectivity index (χ4n) is 6.01. The van der Waals surface area contributed by atoms with E-state index >= 15 is 0 Å². The molecule has 146 valence electrons. The van der Waals surface area contributed by atoms with Crippen LogP contribution in [0, 0.1) is 0 Å². The van der Waals surface area contributed by atoms with E-state index in [1.807, 2.05) is 18.0 Å². The first kappa shape index (κ1) is 17.7. The molecule has 2 spiro atoms. The van der Waals surface area contributed by atoms with Crippen LogP contribution in [-0.4, -0.2) is 62.3 Å². The Hall–Kier alpha value is -1.43. The molecule has 1 atom stereocenters. The number of rotatable bonds is 1. The molecule has 0 aliphatic carbocycles. The summed E-state index contributed by atoms with van der Waals surface area (Å²) in [6, 6.07) is 8.99. The Kier molecular flexibility index (Phi) is 4.30. The average molecular weight is 370 g/mol. The zero-order valence-corrected chi connectivity index (χ0v) is 16.4. The number of benzene rings is 1. The SMILES string of the molecule is CN1C(=O)C2(CCN(C3CCOC4(CCNCC4)C3)CC2)c2ccccc21. The summed E-state index contributed by atoms with van der Waals surface area (Å²) in [5.74, 6) is 0.296. The molecular formula is C22H31N3O2. The summed E-state index contributed by atoms with van der Waals surface area (Å²) in [4.78, 5) is 17.7. The highest BCUT2D eigenvalue weighted by Crippen LogP contribution is 2.48. The first-order chi connectivity index (χ1) is 13.1. The molecule has 0 saturated carbocycles. The minimum Gasteiger partial charge on any atom is -0.375 e. The van der Waals surface area contributed by atoms with Gasteiger partial charge in [0.05, 0.1) is 11.0 Å². The van der Waals surface area contributed by atoms with Crippen molar-refractivity contribution in [3.8, 4) is 0 Å². The van der Waals surface area contributed by atoms with E-state index in [4.69, 9.17) is 4.74 Å². The summed E-state index contributed by atoms with van der Waals surface area (Å²) in [6.45, 7) is 5.08. The van der Waals surface area contributed by atoms with Gasteiger partial charge in [0.15, 0.2) is 0 Å². The summed E-state index contributed by atoms with van der Waals surface area (Å²) in [5.41, 5.74) is 2.16. The van der Waals surface area contributed by atoms with Gasteiger partial charge in [0.25, 0.3) is 0 Å². The van der Waals surface area contributed by atoms with Crippen molar-refractivity contribution in [1.29, 1.82) is 0 Å². The van der Waals surface area contributed by atoms with Crippen LogP contribution in [0.15, 0.2) is 24.3 Å². The Morgan fingerprint density at radius 2 is 1.85 bits per heavy atom. The van der Waals surface area contributed by atoms with Gasteiger partial charge >= 0.3 is 0 Å². The Morgan fingerprint density at radius 1 is 1.11 bits per heavy atom. The molecular weight excluding hydrogens is 338 g/mol. The zero-order valence-electron chi connectivity index (χ0n) is 16.4. The Morgan fingerprint density at radius 3 is 2.63 bits per heavy atom. The van der Waals surface area contributed by atoms with Crippen molar-refractivity contribution in [1.82, 2.24) is 10.2 Å². The molecule has 5 heteroatoms. The van der Waals surface area contributed by atoms with Crippen LogP contribution in [0.1, 0.15) is 44.1 Å². The third kappa shape index (κ3) is 2.74. The van der Waals surface area contributed by atoms with Crippen LogP contribution >= 0.6 is 0 Å². The van der Waals surface area contributed by atoms with E-state index < -0.39 is 0 Å². The second-order valence-corrected chi connectivity index (χ2v) is 8.93. The number of amides is 1. The highest BCUT2D eigenvalue weighted by Gasteiger charge is 2.52. The van der Waals surface area contributed by atoms with Crippen molar-refractivity contribution in [2.24, 2.45) is 0 Å². The number of anilines is 1. The van der Waals surface area contributed by atoms with Crippen LogP contribution in [0.5, 0.6) is 0 Å². The maximum absolute atomic E-state index is 13.1. The Balaban J connectivity index is 1.31. The lowest BCUT2D eigenvalue weighted by Gasteiger charge is -2.49. The fraction of sp³-hybridized carbons (Fsp3) is 0.682. The number of likely N-dealkylation sites (tertiary alicyclic amines) is 1. The van der Waals surface area contributed by atoms with E-state index in [1.165, 1.54) is 5.56 Å². The molecule has 1 amide bonds. The molecule has 0 radical (unpaired) electrons. The maximum atomic E-state index is 13.1. The minimum absolute atomic E-state index is 0.0965. The van der Waals surface area contributed by atoms with Gasteiger partial charge < -0.3 is 19.9 Å². The maximum Gasteiger partial charge on any atom is 0.237 e. The lowest BCUT2D eigenvalue weighted by atomic mass is 9.73. The number of likely N-dealkylation sites (N-methyl/N-ethyl adjacent to an activating group) is 1. The molecule has 1 aromatic carbocycles. The van der Waals surface area contributed by atoms with Gasteiger partial charge in [-0.15, -0.1) is 0 Å². The molecule has 0 bridgehead atoms. The van der Waals surface area contributed by atoms with Crippen molar-refractivity contribution < 1.29 is 9.53 Å². The van der Waals surface area contributed by atoms with Gasteiger partial charge in [0, 0.05) is 25.4 Å². The Labute approximate surface area is 162 Å². The van der Waals surface area contributed by atoms with E-state index in [0.29, 0.717) is 11.9 Å². The number of hydrogen-bond acceptors (Lipinski definition) is 4. The van der Waals surface area contributed by atoms with Gasteiger partial charge in [-0.2, -0.15) is 0 Å². The van der Waals surface area contributed by atoms with E-state index in [1.54, 1.807) is 0 Å². The molecule has 3 fully saturated rings. The van der Waals surface area contributed by atoms with Crippen molar-refractivity contribution in [2.75, 3.05) is 44.7 Å². The summed E-state index contributed by atoms with van der Waals surface area (Å²) in [6.07, 6.45) is 6.45. The molecule has 4 aliphatic rings. The lowest BCUT2D eigenvalue weighted by Crippen LogP contribution is -2.56. The smallest absolute Gasteiger partial charge is 0.237 e. The van der Waals surface area contributed by atoms with Crippen molar-refractivity contribution >= 4 is 11.6 Å². The molecule has 1 N–H and O–H groups in total. The molecule has 1 aromatic rings. The average Bonchev–Trinajstić information content (AvgIpc) is 2.92. The topological polar surface area (TPSA) is 44.8 Å². The zero-order chi connectivity index (χ0) is 18.5. The second kappa shape index (κ2) is 6.57. The standard InChI is InChI=1S/C22H31N3O2/c1-24-19-5-3-2-4-18(19)22(20(24)26)9-13-25(14-10-22)17-6-15-27-21(16-17)7-11-23-12-8-21/h2-5,17,23H,6-16H2,1H3. The number of nitrogens with zero attached hydrogens (tertiary/aromatic N) is 2. The van der Waals surface area contributed by atoms with Crippen molar-refractivity contribution in [2.45, 2.75) is 55.6 Å². The second-order valence-electron chi connectivity index (χ2n) is 8.93. The number of carbonyl (C=O) groups is 1. The third-order valence-corrected chi connectivity index (χ3v) is 7.64. The summed E-state index contributed by atoms with van der Waals surface area (Å²) < 4.78 is 6.27. The third-order valence-electron chi connectivity index (χ3n) is 7.64. The first-order valence-corrected chi connectivity index (χ1v) is 10.6. The number of hydrogen-bond donors (Lipinski definition) is 1. The molecule has 5 rings (SSSR count). The number of fused-ring (bicyclic) bond motifs is 2. The predicted molar refractivity (Wildman–Crippen MR) is 106 cm³/mol. The molecule has 3 saturated heterocycles. The van der Waals surface area contributed by atoms with Crippen LogP contribution < -0.4 is 10.2 Å². The van der Waals surface area contributed by atoms with Crippen LogP contribution in [0.2, 0.25) is 0 Å². The number of ether oxygens (including phenoxy) is 1. The van der Waals surface area contributed by atoms with Crippen molar-refractivity contribution in [3.05, 3.63) is 29.8 Å². The molecule has 4 aliphatic heterocycles. The Bertz CT molecular complexity index is 715. The van der Waals surface area contributed by atoms with Crippen LogP contribution in [0.4, 0.5) is 5.69 Å². The number of para-hydroxylation sites is 1. The van der Waals surface area contributed by atoms with Gasteiger partial charge in [-0.05, 0) is 76.3 Å². The molecule has 0 aromatic heterocycles. The fourth-order valence-corrected chi connectivity index (χ4v) is 6.01. The predicted octanol–water partition coefficient (Wildman–Crippen LogP) is 2.30. The normalized spacial score (nSPS) is 30.0. The van der Waals surface area contributed by atoms with E-state index in [9.17, 15) is 4.79 Å². The minimum atomic E-state index is -0.292. The van der Waals surface area contributed by atoms with Crippen LogP contribution in [0.3, 0.4) is 0 Å². The number of piperidine rings is 2. The van der Waals surface area contributed by atoms with Gasteiger partial charge in [0.2, 0.25) is 5.91 Å². The van der Waals surface area contributed by atoms with Gasteiger partial charge in [0.1, 0.15) is 0 Å². The summed E-state index contributed by atoms with van der Waals surface area (Å²) >= 11 is 0. The van der Waals surface area contributed by atoms with Crippen LogP contribution in [0.25, 0.3) is 0 Å². The highest BCUT2D eigenvalue weighted by atomic mass is 16.5. The van der Waals surface area contributed by atoms with Gasteiger partial charge in [-0.1, -0.05) is 18.2 Å². The number of carbonyl (C=O) groups excluding carboxylic acids is 1. The molecule has 4 heterocycles. The highest BCUT2D eigenvalue weighted by molar-refractivity contribution is 6.07. The largest absolute Gasteiger partial charge is 0.375 e. The lowest BCUT2D eigenvalue weighted by molar-refractivity contribution is -0.131. The first-order valence-electron chi connectivity index (χ1n) is 10.6. The van der Waals surface area contributed by atoms with E-state index in [0.717, 1.165) is 77.0 Å². The van der Waals surface area contributed by atoms with E-state index in [2.05, 4.69) is 28.4 Å². The number of nitrogens with one attached hydrogen (secondary N) is 1. The van der Waals surface area contributed by atoms with Gasteiger partial charge in [-0.25, -0.2) is 0 Å². The summed E-state index contributed by atoms with van der Waals surface area (Å²) in [7, 11) is 1.93. The molecule has 27 heavy (non-hydrogen) atoms.